The van der Waals surface area contributed by atoms with E-state index in [1.54, 1.807) is 0 Å². The molecule has 5 unspecified atom stereocenters. The molecule has 4 N–H and O–H groups in total. The lowest BCUT2D eigenvalue weighted by molar-refractivity contribution is -0.161. The normalized spacial score (nSPS) is 15.0. The van der Waals surface area contributed by atoms with E-state index in [0.717, 1.165) is 167 Å². The van der Waals surface area contributed by atoms with Crippen LogP contribution in [0.2, 0.25) is 0 Å². The molecule has 0 amide bonds. The minimum absolute atomic E-state index is 0.0850. The third-order valence-corrected chi connectivity index (χ3v) is 15.9. The minimum atomic E-state index is -4.94. The Kier molecular flexibility index (Phi) is 64.1. The first-order chi connectivity index (χ1) is 45.2. The Balaban J connectivity index is 4.67. The zero-order valence-corrected chi connectivity index (χ0v) is 59.2. The number of carbonyl (C=O) groups is 3. The first-order valence-electron chi connectivity index (χ1n) is 35.1. The fourth-order valence-electron chi connectivity index (χ4n) is 8.71. The van der Waals surface area contributed by atoms with Gasteiger partial charge in [0.15, 0.2) is 6.10 Å². The highest BCUT2D eigenvalue weighted by Crippen LogP contribution is 2.45. The molecule has 0 radical (unpaired) electrons. The highest BCUT2D eigenvalue weighted by Gasteiger charge is 2.29. The van der Waals surface area contributed by atoms with Gasteiger partial charge in [0.2, 0.25) is 0 Å². The highest BCUT2D eigenvalue weighted by atomic mass is 31.2. The van der Waals surface area contributed by atoms with E-state index >= 15 is 0 Å². The number of aliphatic hydroxyl groups excluding tert-OH is 2. The zero-order valence-electron chi connectivity index (χ0n) is 57.4. The second kappa shape index (κ2) is 67.4. The second-order valence-electron chi connectivity index (χ2n) is 22.9. The lowest BCUT2D eigenvalue weighted by Crippen LogP contribution is -2.30. The van der Waals surface area contributed by atoms with Gasteiger partial charge < -0.3 is 34.2 Å². The van der Waals surface area contributed by atoms with Crippen molar-refractivity contribution in [3.8, 4) is 0 Å². The molecule has 93 heavy (non-hydrogen) atoms. The van der Waals surface area contributed by atoms with Crippen LogP contribution < -0.4 is 0 Å². The van der Waals surface area contributed by atoms with Crippen molar-refractivity contribution in [2.24, 2.45) is 0 Å². The predicted octanol–water partition coefficient (Wildman–Crippen LogP) is 19.8. The molecule has 0 aromatic rings. The Morgan fingerprint density at radius 3 is 0.914 bits per heavy atom. The number of esters is 3. The maximum atomic E-state index is 12.9. The Morgan fingerprint density at radius 2 is 0.570 bits per heavy atom. The van der Waals surface area contributed by atoms with E-state index in [2.05, 4.69) is 167 Å². The first-order valence-corrected chi connectivity index (χ1v) is 38.1. The lowest BCUT2D eigenvalue weighted by atomic mass is 10.1. The summed E-state index contributed by atoms with van der Waals surface area (Å²) >= 11 is 0. The summed E-state index contributed by atoms with van der Waals surface area (Å²) in [4.78, 5) is 58.4. The number of phosphoric acid groups is 2. The average Bonchev–Trinajstić information content (AvgIpc) is 3.75. The van der Waals surface area contributed by atoms with Gasteiger partial charge in [0, 0.05) is 19.3 Å². The van der Waals surface area contributed by atoms with Crippen LogP contribution in [0.15, 0.2) is 146 Å². The van der Waals surface area contributed by atoms with Crippen LogP contribution in [0.1, 0.15) is 252 Å². The molecule has 16 nitrogen and oxygen atoms in total. The predicted molar refractivity (Wildman–Crippen MR) is 380 cm³/mol. The molecule has 530 valence electrons. The second-order valence-corrected chi connectivity index (χ2v) is 25.8. The quantitative estimate of drug-likeness (QED) is 0.0146. The van der Waals surface area contributed by atoms with Gasteiger partial charge in [-0.15, -0.1) is 0 Å². The van der Waals surface area contributed by atoms with Crippen LogP contribution in [0.5, 0.6) is 0 Å². The van der Waals surface area contributed by atoms with Crippen molar-refractivity contribution >= 4 is 33.6 Å². The van der Waals surface area contributed by atoms with Crippen molar-refractivity contribution in [3.05, 3.63) is 146 Å². The number of ether oxygens (including phenoxy) is 3. The van der Waals surface area contributed by atoms with Crippen LogP contribution in [0, 0.1) is 0 Å². The van der Waals surface area contributed by atoms with Crippen LogP contribution in [-0.2, 0) is 55.8 Å². The summed E-state index contributed by atoms with van der Waals surface area (Å²) in [6.45, 7) is 2.34. The van der Waals surface area contributed by atoms with E-state index in [-0.39, 0.29) is 19.3 Å². The van der Waals surface area contributed by atoms with Gasteiger partial charge in [0.1, 0.15) is 25.4 Å². The molecule has 0 aromatic heterocycles. The number of allylic oxidation sites excluding steroid dienone is 24. The molecule has 0 saturated heterocycles. The highest BCUT2D eigenvalue weighted by molar-refractivity contribution is 7.47. The van der Waals surface area contributed by atoms with Crippen LogP contribution in [0.4, 0.5) is 0 Å². The van der Waals surface area contributed by atoms with Gasteiger partial charge in [-0.3, -0.25) is 32.5 Å². The third kappa shape index (κ3) is 68.6. The number of carbonyl (C=O) groups excluding carboxylic acids is 3. The molecule has 0 saturated carbocycles. The lowest BCUT2D eigenvalue weighted by Gasteiger charge is -2.21. The molecule has 0 aliphatic rings. The van der Waals surface area contributed by atoms with E-state index in [0.29, 0.717) is 19.3 Å². The number of hydrogen-bond donors (Lipinski definition) is 4. The number of unbranched alkanes of at least 4 members (excludes halogenated alkanes) is 18. The Bertz CT molecular complexity index is 2280. The molecule has 0 rings (SSSR count). The maximum absolute atomic E-state index is 12.9. The van der Waals surface area contributed by atoms with Crippen LogP contribution >= 0.6 is 15.6 Å². The van der Waals surface area contributed by atoms with Gasteiger partial charge in [0.05, 0.1) is 26.4 Å². The molecule has 0 bridgehead atoms. The zero-order chi connectivity index (χ0) is 68.1. The van der Waals surface area contributed by atoms with Gasteiger partial charge in [-0.25, -0.2) is 9.13 Å². The van der Waals surface area contributed by atoms with Gasteiger partial charge >= 0.3 is 33.6 Å². The summed E-state index contributed by atoms with van der Waals surface area (Å²) in [5.41, 5.74) is 0. The maximum Gasteiger partial charge on any atom is 0.472 e. The summed E-state index contributed by atoms with van der Waals surface area (Å²) in [6, 6.07) is 0. The minimum Gasteiger partial charge on any atom is -0.463 e. The fraction of sp³-hybridized carbons (Fsp3) is 0.640. The fourth-order valence-corrected chi connectivity index (χ4v) is 10.3. The summed E-state index contributed by atoms with van der Waals surface area (Å²) in [7, 11) is -9.80. The van der Waals surface area contributed by atoms with Gasteiger partial charge in [-0.05, 0) is 141 Å². The molecule has 0 aromatic carbocycles. The first kappa shape index (κ1) is 88.4. The Morgan fingerprint density at radius 1 is 0.312 bits per heavy atom. The molecule has 0 heterocycles. The van der Waals surface area contributed by atoms with Crippen LogP contribution in [0.25, 0.3) is 0 Å². The molecule has 18 heteroatoms. The number of rotatable bonds is 65. The summed E-state index contributed by atoms with van der Waals surface area (Å²) in [5.74, 6) is -1.64. The SMILES string of the molecule is CC/C=C\C/C=C\C/C=C\C/C=C\C/C=C\C/C=C\CCCCCCC(=O)OCC(O)COP(=O)(O)OCC(O)COP(=O)(O)OCC(COC(=O)CCCCCCC/C=C\C/C=C\C/C=C\C/C=C\C/C=C\CC)OC(=O)CCCCCCC/C=C\CCCCCC. The molecular weight excluding hydrogens is 1220 g/mol. The monoisotopic (exact) mass is 1340 g/mol. The molecule has 0 spiro atoms. The van der Waals surface area contributed by atoms with Crippen molar-refractivity contribution in [3.63, 3.8) is 0 Å². The standard InChI is InChI=1S/C75H124O16P2/c1-4-7-10-13-16-19-22-25-27-29-31-33-34-36-38-39-41-44-46-49-52-55-58-61-73(78)85-64-70(76)65-87-92(81,82)88-66-71(77)67-89-93(83,84)90-69-72(91-75(80)63-60-57-54-51-48-43-24-21-18-15-12-9-6-3)68-86-74(79)62-59-56-53-50-47-45-42-40-37-35-32-30-28-26-23-20-17-14-11-8-5-2/h7-8,10-11,16-17,19-21,24-28,31-33,35-36,38,40-42,44,70-72,76-77H,4-6,9,12-15,18,22-23,29-30,34,37,39,43,45-69H2,1-3H3,(H,81,82)(H,83,84)/b10-7-,11-8-,19-16-,20-17-,24-21-,27-25-,28-26-,33-31-,35-32-,38-36-,42-40-,44-41-. The number of phosphoric ester groups is 2. The Hall–Kier alpha value is -4.57. The van der Waals surface area contributed by atoms with Gasteiger partial charge in [-0.1, -0.05) is 237 Å². The summed E-state index contributed by atoms with van der Waals surface area (Å²) in [5, 5.41) is 20.6. The molecule has 0 aliphatic carbocycles. The van der Waals surface area contributed by atoms with Crippen molar-refractivity contribution in [1.29, 1.82) is 0 Å². The summed E-state index contributed by atoms with van der Waals surface area (Å²) < 4.78 is 60.9. The molecule has 0 aliphatic heterocycles. The number of aliphatic hydroxyl groups is 2. The van der Waals surface area contributed by atoms with Crippen LogP contribution in [-0.4, -0.2) is 95.9 Å². The van der Waals surface area contributed by atoms with E-state index in [9.17, 15) is 43.5 Å². The van der Waals surface area contributed by atoms with Crippen molar-refractivity contribution in [1.82, 2.24) is 0 Å². The van der Waals surface area contributed by atoms with E-state index in [4.69, 9.17) is 32.3 Å². The Labute approximate surface area is 562 Å². The smallest absolute Gasteiger partial charge is 0.463 e. The average molecular weight is 1340 g/mol. The van der Waals surface area contributed by atoms with E-state index in [1.165, 1.54) is 25.7 Å². The van der Waals surface area contributed by atoms with E-state index in [1.807, 2.05) is 0 Å². The van der Waals surface area contributed by atoms with Crippen molar-refractivity contribution < 1.29 is 75.8 Å². The van der Waals surface area contributed by atoms with Gasteiger partial charge in [0.25, 0.3) is 0 Å². The van der Waals surface area contributed by atoms with E-state index < -0.39 is 91.5 Å². The van der Waals surface area contributed by atoms with Crippen LogP contribution in [0.3, 0.4) is 0 Å². The topological polar surface area (TPSA) is 231 Å². The largest absolute Gasteiger partial charge is 0.472 e. The van der Waals surface area contributed by atoms with Crippen molar-refractivity contribution in [2.75, 3.05) is 39.6 Å². The number of hydrogen-bond acceptors (Lipinski definition) is 14. The van der Waals surface area contributed by atoms with Crippen molar-refractivity contribution in [2.45, 2.75) is 270 Å². The van der Waals surface area contributed by atoms with Gasteiger partial charge in [-0.2, -0.15) is 0 Å². The summed E-state index contributed by atoms with van der Waals surface area (Å²) in [6.07, 6.45) is 80.4. The molecule has 5 atom stereocenters. The molecular formula is C75H124O16P2. The molecule has 0 fully saturated rings. The third-order valence-electron chi connectivity index (χ3n) is 14.0.